The lowest BCUT2D eigenvalue weighted by Gasteiger charge is -2.26. The molecule has 1 N–H and O–H groups in total. The minimum Gasteiger partial charge on any atom is -0.497 e. The average molecular weight is 403 g/mol. The van der Waals surface area contributed by atoms with Crippen molar-refractivity contribution >= 4 is 47.0 Å². The van der Waals surface area contributed by atoms with Gasteiger partial charge >= 0.3 is 0 Å². The predicted octanol–water partition coefficient (Wildman–Crippen LogP) is 4.01. The van der Waals surface area contributed by atoms with Gasteiger partial charge in [-0.25, -0.2) is 0 Å². The van der Waals surface area contributed by atoms with Gasteiger partial charge in [-0.1, -0.05) is 34.8 Å². The molecule has 0 saturated heterocycles. The molecule has 0 unspecified atom stereocenters. The SMILES string of the molecule is COc1ccc(C(=O)N[C@H](Oc2ccc(C=O)cc2)C(Cl)(Cl)Cl)cc1. The zero-order valence-corrected chi connectivity index (χ0v) is 15.3. The lowest BCUT2D eigenvalue weighted by atomic mass is 10.2. The molecule has 132 valence electrons. The highest BCUT2D eigenvalue weighted by Gasteiger charge is 2.36. The number of aldehydes is 1. The Hall–Kier alpha value is -1.95. The molecule has 1 amide bonds. The quantitative estimate of drug-likeness (QED) is 0.450. The Bertz CT molecular complexity index is 727. The van der Waals surface area contributed by atoms with Gasteiger partial charge in [-0.15, -0.1) is 0 Å². The van der Waals surface area contributed by atoms with Gasteiger partial charge in [-0.05, 0) is 48.5 Å². The number of hydrogen-bond donors (Lipinski definition) is 1. The molecule has 0 aromatic heterocycles. The van der Waals surface area contributed by atoms with E-state index in [1.165, 1.54) is 19.2 Å². The zero-order chi connectivity index (χ0) is 18.4. The number of methoxy groups -OCH3 is 1. The largest absolute Gasteiger partial charge is 0.497 e. The summed E-state index contributed by atoms with van der Waals surface area (Å²) in [5.74, 6) is 0.460. The molecule has 0 aliphatic heterocycles. The number of carbonyl (C=O) groups is 2. The van der Waals surface area contributed by atoms with Crippen LogP contribution >= 0.6 is 34.8 Å². The third-order valence-corrected chi connectivity index (χ3v) is 3.78. The Morgan fingerprint density at radius 3 is 2.08 bits per heavy atom. The van der Waals surface area contributed by atoms with Gasteiger partial charge in [0.05, 0.1) is 7.11 Å². The standard InChI is InChI=1S/C17H14Cl3NO4/c1-24-13-8-4-12(5-9-13)15(23)21-16(17(18,19)20)25-14-6-2-11(10-22)3-7-14/h2-10,16H,1H3,(H,21,23)/t16-/m1/s1. The number of carbonyl (C=O) groups excluding carboxylic acids is 2. The van der Waals surface area contributed by atoms with Crippen molar-refractivity contribution < 1.29 is 19.1 Å². The van der Waals surface area contributed by atoms with Crippen LogP contribution in [-0.2, 0) is 0 Å². The van der Waals surface area contributed by atoms with Crippen molar-refractivity contribution in [2.45, 2.75) is 10.0 Å². The fraction of sp³-hybridized carbons (Fsp3) is 0.176. The molecule has 2 rings (SSSR count). The van der Waals surface area contributed by atoms with E-state index >= 15 is 0 Å². The molecule has 0 spiro atoms. The molecular weight excluding hydrogens is 389 g/mol. The predicted molar refractivity (Wildman–Crippen MR) is 97.0 cm³/mol. The molecule has 0 aliphatic rings. The highest BCUT2D eigenvalue weighted by atomic mass is 35.6. The monoisotopic (exact) mass is 401 g/mol. The maximum Gasteiger partial charge on any atom is 0.254 e. The van der Waals surface area contributed by atoms with E-state index in [1.54, 1.807) is 36.4 Å². The summed E-state index contributed by atoms with van der Waals surface area (Å²) in [5, 5.41) is 2.52. The first-order valence-electron chi connectivity index (χ1n) is 7.07. The van der Waals surface area contributed by atoms with Gasteiger partial charge in [0.15, 0.2) is 0 Å². The van der Waals surface area contributed by atoms with Crippen LogP contribution in [0.4, 0.5) is 0 Å². The van der Waals surface area contributed by atoms with Gasteiger partial charge in [-0.3, -0.25) is 9.59 Å². The Morgan fingerprint density at radius 1 is 1.04 bits per heavy atom. The Labute approximate surface area is 159 Å². The van der Waals surface area contributed by atoms with E-state index in [0.717, 1.165) is 0 Å². The van der Waals surface area contributed by atoms with Crippen LogP contribution in [0.25, 0.3) is 0 Å². The normalized spacial score (nSPS) is 12.2. The number of ether oxygens (including phenoxy) is 2. The molecule has 2 aromatic rings. The highest BCUT2D eigenvalue weighted by Crippen LogP contribution is 2.32. The van der Waals surface area contributed by atoms with Crippen molar-refractivity contribution in [2.24, 2.45) is 0 Å². The fourth-order valence-corrected chi connectivity index (χ4v) is 2.18. The Morgan fingerprint density at radius 2 is 1.60 bits per heavy atom. The van der Waals surface area contributed by atoms with E-state index in [9.17, 15) is 9.59 Å². The van der Waals surface area contributed by atoms with Crippen LogP contribution in [0, 0.1) is 0 Å². The van der Waals surface area contributed by atoms with Crippen molar-refractivity contribution in [3.8, 4) is 11.5 Å². The molecule has 0 radical (unpaired) electrons. The van der Waals surface area contributed by atoms with Crippen LogP contribution in [0.15, 0.2) is 48.5 Å². The van der Waals surface area contributed by atoms with Crippen LogP contribution in [0.2, 0.25) is 0 Å². The van der Waals surface area contributed by atoms with Crippen LogP contribution in [0.3, 0.4) is 0 Å². The molecule has 25 heavy (non-hydrogen) atoms. The molecule has 2 aromatic carbocycles. The number of halogens is 3. The van der Waals surface area contributed by atoms with Crippen LogP contribution in [0.1, 0.15) is 20.7 Å². The van der Waals surface area contributed by atoms with Crippen LogP contribution in [-0.4, -0.2) is 29.3 Å². The molecule has 0 aliphatic carbocycles. The Kier molecular flexibility index (Phi) is 6.53. The maximum absolute atomic E-state index is 12.3. The van der Waals surface area contributed by atoms with E-state index in [-0.39, 0.29) is 0 Å². The van der Waals surface area contributed by atoms with E-state index in [4.69, 9.17) is 44.3 Å². The summed E-state index contributed by atoms with van der Waals surface area (Å²) in [6.45, 7) is 0. The second kappa shape index (κ2) is 8.43. The first kappa shape index (κ1) is 19.4. The second-order valence-corrected chi connectivity index (χ2v) is 7.30. The summed E-state index contributed by atoms with van der Waals surface area (Å²) >= 11 is 17.7. The summed E-state index contributed by atoms with van der Waals surface area (Å²) in [6, 6.07) is 12.6. The lowest BCUT2D eigenvalue weighted by molar-refractivity contribution is 0.0833. The van der Waals surface area contributed by atoms with Gasteiger partial charge in [0.25, 0.3) is 5.91 Å². The third-order valence-electron chi connectivity index (χ3n) is 3.18. The number of amides is 1. The number of benzene rings is 2. The molecule has 5 nitrogen and oxygen atoms in total. The summed E-state index contributed by atoms with van der Waals surface area (Å²) in [5.41, 5.74) is 0.819. The van der Waals surface area contributed by atoms with Crippen molar-refractivity contribution in [2.75, 3.05) is 7.11 Å². The average Bonchev–Trinajstić information content (AvgIpc) is 2.61. The second-order valence-electron chi connectivity index (χ2n) is 4.93. The molecule has 0 heterocycles. The summed E-state index contributed by atoms with van der Waals surface area (Å²) < 4.78 is 8.67. The number of rotatable bonds is 6. The van der Waals surface area contributed by atoms with Crippen molar-refractivity contribution in [3.63, 3.8) is 0 Å². The number of nitrogens with one attached hydrogen (secondary N) is 1. The van der Waals surface area contributed by atoms with Gasteiger partial charge in [0, 0.05) is 11.1 Å². The molecule has 0 saturated carbocycles. The molecule has 0 bridgehead atoms. The van der Waals surface area contributed by atoms with Crippen molar-refractivity contribution in [1.82, 2.24) is 5.32 Å². The van der Waals surface area contributed by atoms with E-state index < -0.39 is 15.9 Å². The van der Waals surface area contributed by atoms with E-state index in [0.29, 0.717) is 28.9 Å². The maximum atomic E-state index is 12.3. The first-order chi connectivity index (χ1) is 11.8. The van der Waals surface area contributed by atoms with Gasteiger partial charge < -0.3 is 14.8 Å². The minimum atomic E-state index is -1.91. The molecule has 0 fully saturated rings. The van der Waals surface area contributed by atoms with Crippen molar-refractivity contribution in [3.05, 3.63) is 59.7 Å². The molecular formula is C17H14Cl3NO4. The lowest BCUT2D eigenvalue weighted by Crippen LogP contribution is -2.47. The molecule has 8 heteroatoms. The number of alkyl halides is 3. The van der Waals surface area contributed by atoms with Gasteiger partial charge in [0.1, 0.15) is 17.8 Å². The topological polar surface area (TPSA) is 64.6 Å². The molecule has 1 atom stereocenters. The first-order valence-corrected chi connectivity index (χ1v) is 8.20. The number of hydrogen-bond acceptors (Lipinski definition) is 4. The van der Waals surface area contributed by atoms with Gasteiger partial charge in [0.2, 0.25) is 10.0 Å². The summed E-state index contributed by atoms with van der Waals surface area (Å²) in [6.07, 6.45) is -0.545. The van der Waals surface area contributed by atoms with Crippen molar-refractivity contribution in [1.29, 1.82) is 0 Å². The summed E-state index contributed by atoms with van der Waals surface area (Å²) in [4.78, 5) is 23.0. The highest BCUT2D eigenvalue weighted by molar-refractivity contribution is 6.68. The minimum absolute atomic E-state index is 0.331. The van der Waals surface area contributed by atoms with Gasteiger partial charge in [-0.2, -0.15) is 0 Å². The van der Waals surface area contributed by atoms with Crippen LogP contribution in [0.5, 0.6) is 11.5 Å². The third kappa shape index (κ3) is 5.53. The summed E-state index contributed by atoms with van der Waals surface area (Å²) in [7, 11) is 1.53. The fourth-order valence-electron chi connectivity index (χ4n) is 1.88. The van der Waals surface area contributed by atoms with Crippen LogP contribution < -0.4 is 14.8 Å². The Balaban J connectivity index is 2.13. The van der Waals surface area contributed by atoms with E-state index in [1.807, 2.05) is 0 Å². The zero-order valence-electron chi connectivity index (χ0n) is 13.0. The smallest absolute Gasteiger partial charge is 0.254 e. The van der Waals surface area contributed by atoms with E-state index in [2.05, 4.69) is 5.32 Å².